The zero-order valence-corrected chi connectivity index (χ0v) is 13.4. The van der Waals surface area contributed by atoms with E-state index in [1.165, 1.54) is 11.1 Å². The van der Waals surface area contributed by atoms with Crippen molar-refractivity contribution in [2.75, 3.05) is 5.43 Å². The van der Waals surface area contributed by atoms with Gasteiger partial charge in [0.15, 0.2) is 5.11 Å². The summed E-state index contributed by atoms with van der Waals surface area (Å²) < 4.78 is 1.34. The number of aromatic nitrogens is 1. The first-order chi connectivity index (χ1) is 10.5. The van der Waals surface area contributed by atoms with Gasteiger partial charge in [-0.1, -0.05) is 12.2 Å². The molecule has 1 saturated carbocycles. The highest BCUT2D eigenvalue weighted by atomic mass is 32.1. The summed E-state index contributed by atoms with van der Waals surface area (Å²) in [6, 6.07) is 4.08. The van der Waals surface area contributed by atoms with Gasteiger partial charge in [0.1, 0.15) is 11.6 Å². The van der Waals surface area contributed by atoms with Crippen molar-refractivity contribution in [3.8, 4) is 6.07 Å². The first kappa shape index (κ1) is 14.8. The van der Waals surface area contributed by atoms with E-state index in [0.29, 0.717) is 28.6 Å². The van der Waals surface area contributed by atoms with Gasteiger partial charge in [-0.25, -0.2) is 4.68 Å². The fraction of sp³-hybridized carbons (Fsp3) is 0.438. The van der Waals surface area contributed by atoms with Gasteiger partial charge >= 0.3 is 0 Å². The number of pyridine rings is 1. The summed E-state index contributed by atoms with van der Waals surface area (Å²) in [7, 11) is 0. The lowest BCUT2D eigenvalue weighted by molar-refractivity contribution is 0.524. The number of nitrogens with zero attached hydrogens (tertiary/aromatic N) is 2. The van der Waals surface area contributed by atoms with Crippen molar-refractivity contribution in [2.24, 2.45) is 11.8 Å². The Labute approximate surface area is 134 Å². The molecule has 1 heterocycles. The zero-order chi connectivity index (χ0) is 15.9. The lowest BCUT2D eigenvalue weighted by atomic mass is 10.0. The highest BCUT2D eigenvalue weighted by Crippen LogP contribution is 2.38. The third kappa shape index (κ3) is 2.53. The molecule has 0 saturated heterocycles. The second-order valence-corrected chi connectivity index (χ2v) is 6.48. The van der Waals surface area contributed by atoms with E-state index < -0.39 is 0 Å². The molecule has 0 amide bonds. The molecule has 0 radical (unpaired) electrons. The van der Waals surface area contributed by atoms with Crippen LogP contribution in [0.3, 0.4) is 0 Å². The third-order valence-electron chi connectivity index (χ3n) is 4.51. The highest BCUT2D eigenvalue weighted by Gasteiger charge is 2.35. The molecule has 2 bridgehead atoms. The molecule has 0 unspecified atom stereocenters. The summed E-state index contributed by atoms with van der Waals surface area (Å²) in [5.41, 5.74) is 4.10. The maximum Gasteiger partial charge on any atom is 0.287 e. The van der Waals surface area contributed by atoms with E-state index in [-0.39, 0.29) is 11.1 Å². The molecule has 2 N–H and O–H groups in total. The van der Waals surface area contributed by atoms with Gasteiger partial charge in [0.2, 0.25) is 0 Å². The number of nitriles is 1. The average molecular weight is 314 g/mol. The van der Waals surface area contributed by atoms with Gasteiger partial charge < -0.3 is 5.32 Å². The predicted molar refractivity (Wildman–Crippen MR) is 89.1 cm³/mol. The Morgan fingerprint density at radius 1 is 1.41 bits per heavy atom. The zero-order valence-electron chi connectivity index (χ0n) is 12.6. The topological polar surface area (TPSA) is 69.8 Å². The Balaban J connectivity index is 1.76. The van der Waals surface area contributed by atoms with Crippen molar-refractivity contribution in [1.82, 2.24) is 9.99 Å². The molecule has 1 fully saturated rings. The summed E-state index contributed by atoms with van der Waals surface area (Å²) in [5.74, 6) is 1.18. The van der Waals surface area contributed by atoms with Crippen molar-refractivity contribution >= 4 is 17.3 Å². The number of hydrogen-bond donors (Lipinski definition) is 2. The number of aryl methyl sites for hydroxylation is 2. The number of nitrogens with one attached hydrogen (secondary N) is 2. The molecule has 22 heavy (non-hydrogen) atoms. The maximum atomic E-state index is 12.3. The molecule has 5 nitrogen and oxygen atoms in total. The molecule has 0 aromatic carbocycles. The molecule has 2 aliphatic carbocycles. The number of thiocarbonyl (C=S) groups is 1. The summed E-state index contributed by atoms with van der Waals surface area (Å²) >= 11 is 5.33. The van der Waals surface area contributed by atoms with Crippen LogP contribution < -0.4 is 16.3 Å². The third-order valence-corrected chi connectivity index (χ3v) is 4.72. The van der Waals surface area contributed by atoms with Crippen molar-refractivity contribution < 1.29 is 0 Å². The molecular weight excluding hydrogens is 296 g/mol. The van der Waals surface area contributed by atoms with E-state index in [2.05, 4.69) is 22.9 Å². The van der Waals surface area contributed by atoms with Crippen molar-refractivity contribution in [1.29, 1.82) is 5.26 Å². The average Bonchev–Trinajstić information content (AvgIpc) is 3.06. The van der Waals surface area contributed by atoms with Gasteiger partial charge in [0, 0.05) is 11.7 Å². The first-order valence-electron chi connectivity index (χ1n) is 7.39. The molecule has 1 aromatic heterocycles. The minimum Gasteiger partial charge on any atom is -0.358 e. The Kier molecular flexibility index (Phi) is 3.75. The number of rotatable bonds is 2. The Hall–Kier alpha value is -2.13. The van der Waals surface area contributed by atoms with E-state index in [9.17, 15) is 4.79 Å². The maximum absolute atomic E-state index is 12.3. The van der Waals surface area contributed by atoms with Gasteiger partial charge in [0.25, 0.3) is 5.56 Å². The fourth-order valence-corrected chi connectivity index (χ4v) is 3.66. The van der Waals surface area contributed by atoms with Crippen LogP contribution in [0.1, 0.15) is 29.7 Å². The van der Waals surface area contributed by atoms with E-state index in [1.54, 1.807) is 13.0 Å². The Morgan fingerprint density at radius 2 is 2.18 bits per heavy atom. The molecule has 6 heteroatoms. The smallest absolute Gasteiger partial charge is 0.287 e. The van der Waals surface area contributed by atoms with E-state index in [1.807, 2.05) is 13.0 Å². The van der Waals surface area contributed by atoms with Crippen molar-refractivity contribution in [3.05, 3.63) is 45.4 Å². The molecule has 114 valence electrons. The second kappa shape index (κ2) is 5.58. The quantitative estimate of drug-likeness (QED) is 0.642. The summed E-state index contributed by atoms with van der Waals surface area (Å²) in [4.78, 5) is 12.3. The SMILES string of the molecule is Cc1cc(C)n(NC(=S)N[C@H]2C[C@@H]3C=C[C@@H]2C3)c(=O)c1C#N. The van der Waals surface area contributed by atoms with E-state index in [4.69, 9.17) is 17.5 Å². The van der Waals surface area contributed by atoms with Crippen LogP contribution >= 0.6 is 12.2 Å². The largest absolute Gasteiger partial charge is 0.358 e. The van der Waals surface area contributed by atoms with Gasteiger partial charge in [0.05, 0.1) is 0 Å². The van der Waals surface area contributed by atoms with Crippen LogP contribution in [-0.4, -0.2) is 15.8 Å². The lowest BCUT2D eigenvalue weighted by Gasteiger charge is -2.23. The standard InChI is InChI=1S/C16H18N4OS/c1-9-5-10(2)20(15(21)13(9)8-17)19-16(22)18-14-7-11-3-4-12(14)6-11/h3-5,11-12,14H,6-7H2,1-2H3,(H2,18,19,22)/t11-,12-,14+/m1/s1. The summed E-state index contributed by atoms with van der Waals surface area (Å²) in [6.07, 6.45) is 6.77. The normalized spacial score (nSPS) is 25.0. The summed E-state index contributed by atoms with van der Waals surface area (Å²) in [6.45, 7) is 3.57. The molecular formula is C16H18N4OS. The van der Waals surface area contributed by atoms with Gasteiger partial charge in [-0.3, -0.25) is 10.2 Å². The lowest BCUT2D eigenvalue weighted by Crippen LogP contribution is -2.46. The van der Waals surface area contributed by atoms with Gasteiger partial charge in [-0.05, 0) is 62.4 Å². The predicted octanol–water partition coefficient (Wildman–Crippen LogP) is 1.72. The molecule has 2 aliphatic rings. The molecule has 0 spiro atoms. The second-order valence-electron chi connectivity index (χ2n) is 6.07. The molecule has 3 atom stereocenters. The fourth-order valence-electron chi connectivity index (χ4n) is 3.41. The molecule has 0 aliphatic heterocycles. The summed E-state index contributed by atoms with van der Waals surface area (Å²) in [5, 5.41) is 12.8. The number of fused-ring (bicyclic) bond motifs is 2. The molecule has 3 rings (SSSR count). The van der Waals surface area contributed by atoms with Gasteiger partial charge in [-0.2, -0.15) is 5.26 Å². The highest BCUT2D eigenvalue weighted by molar-refractivity contribution is 7.80. The van der Waals surface area contributed by atoms with E-state index in [0.717, 1.165) is 12.1 Å². The Morgan fingerprint density at radius 3 is 2.77 bits per heavy atom. The Bertz CT molecular complexity index is 759. The van der Waals surface area contributed by atoms with Crippen molar-refractivity contribution in [2.45, 2.75) is 32.7 Å². The van der Waals surface area contributed by atoms with Crippen LogP contribution in [0.2, 0.25) is 0 Å². The minimum atomic E-state index is -0.364. The monoisotopic (exact) mass is 314 g/mol. The van der Waals surface area contributed by atoms with Crippen molar-refractivity contribution in [3.63, 3.8) is 0 Å². The first-order valence-corrected chi connectivity index (χ1v) is 7.79. The van der Waals surface area contributed by atoms with Crippen LogP contribution in [0, 0.1) is 37.0 Å². The van der Waals surface area contributed by atoms with Crippen LogP contribution in [0.4, 0.5) is 0 Å². The van der Waals surface area contributed by atoms with Crippen LogP contribution in [0.25, 0.3) is 0 Å². The van der Waals surface area contributed by atoms with Crippen LogP contribution in [0.5, 0.6) is 0 Å². The number of allylic oxidation sites excluding steroid dienone is 1. The van der Waals surface area contributed by atoms with E-state index >= 15 is 0 Å². The van der Waals surface area contributed by atoms with Crippen LogP contribution in [0.15, 0.2) is 23.0 Å². The van der Waals surface area contributed by atoms with Gasteiger partial charge in [-0.15, -0.1) is 0 Å². The number of hydrogen-bond acceptors (Lipinski definition) is 3. The minimum absolute atomic E-state index is 0.142. The molecule has 1 aromatic rings. The van der Waals surface area contributed by atoms with Crippen LogP contribution in [-0.2, 0) is 0 Å².